The van der Waals surface area contributed by atoms with Crippen molar-refractivity contribution < 1.29 is 9.53 Å². The first-order valence-electron chi connectivity index (χ1n) is 8.78. The molecule has 0 aliphatic heterocycles. The summed E-state index contributed by atoms with van der Waals surface area (Å²) in [6.45, 7) is 1.88. The van der Waals surface area contributed by atoms with Crippen LogP contribution in [0.4, 0.5) is 0 Å². The minimum atomic E-state index is -0.476. The van der Waals surface area contributed by atoms with Crippen LogP contribution in [0.2, 0.25) is 0 Å². The molecule has 0 aliphatic rings. The van der Waals surface area contributed by atoms with E-state index < -0.39 is 5.97 Å². The number of aryl methyl sites for hydroxylation is 1. The zero-order valence-electron chi connectivity index (χ0n) is 15.7. The van der Waals surface area contributed by atoms with Crippen LogP contribution in [0, 0.1) is 6.92 Å². The molecule has 1 N–H and O–H groups in total. The van der Waals surface area contributed by atoms with Gasteiger partial charge in [-0.25, -0.2) is 9.78 Å². The molecule has 29 heavy (non-hydrogen) atoms. The Morgan fingerprint density at radius 2 is 1.97 bits per heavy atom. The fraction of sp³-hybridized carbons (Fsp3) is 0.150. The summed E-state index contributed by atoms with van der Waals surface area (Å²) in [7, 11) is 1.31. The Balaban J connectivity index is 1.64. The monoisotopic (exact) mass is 407 g/mol. The summed E-state index contributed by atoms with van der Waals surface area (Å²) in [6, 6.07) is 14.5. The molecule has 2 aromatic carbocycles. The number of aromatic amines is 1. The molecule has 0 unspecified atom stereocenters. The Labute approximate surface area is 170 Å². The molecule has 9 heteroatoms. The second-order valence-electron chi connectivity index (χ2n) is 6.23. The van der Waals surface area contributed by atoms with Crippen LogP contribution in [0.15, 0.2) is 58.5 Å². The number of carbonyl (C=O) groups excluding carboxylic acids is 1. The van der Waals surface area contributed by atoms with E-state index in [-0.39, 0.29) is 5.56 Å². The minimum absolute atomic E-state index is 0.261. The maximum Gasteiger partial charge on any atom is 0.337 e. The molecule has 0 fully saturated rings. The predicted molar refractivity (Wildman–Crippen MR) is 109 cm³/mol. The fourth-order valence-electron chi connectivity index (χ4n) is 2.94. The highest BCUT2D eigenvalue weighted by Gasteiger charge is 2.14. The number of methoxy groups -OCH3 is 1. The highest BCUT2D eigenvalue weighted by Crippen LogP contribution is 2.24. The third kappa shape index (κ3) is 3.77. The van der Waals surface area contributed by atoms with Crippen LogP contribution in [0.3, 0.4) is 0 Å². The Morgan fingerprint density at radius 3 is 2.72 bits per heavy atom. The molecule has 0 aliphatic carbocycles. The van der Waals surface area contributed by atoms with E-state index in [1.54, 1.807) is 18.2 Å². The molecule has 4 rings (SSSR count). The van der Waals surface area contributed by atoms with Crippen molar-refractivity contribution in [2.75, 3.05) is 7.11 Å². The van der Waals surface area contributed by atoms with Gasteiger partial charge in [0.1, 0.15) is 11.6 Å². The van der Waals surface area contributed by atoms with E-state index in [1.165, 1.54) is 18.9 Å². The van der Waals surface area contributed by atoms with Crippen LogP contribution in [-0.2, 0) is 10.5 Å². The number of carbonyl (C=O) groups is 1. The van der Waals surface area contributed by atoms with Crippen molar-refractivity contribution in [1.29, 1.82) is 0 Å². The normalized spacial score (nSPS) is 11.0. The Morgan fingerprint density at radius 1 is 1.17 bits per heavy atom. The Hall–Kier alpha value is -3.46. The zero-order valence-corrected chi connectivity index (χ0v) is 16.6. The molecule has 2 aromatic heterocycles. The predicted octanol–water partition coefficient (Wildman–Crippen LogP) is 2.89. The summed E-state index contributed by atoms with van der Waals surface area (Å²) in [5.74, 6) is 1.16. The van der Waals surface area contributed by atoms with Gasteiger partial charge >= 0.3 is 5.97 Å². The van der Waals surface area contributed by atoms with Crippen LogP contribution < -0.4 is 5.56 Å². The Kier molecular flexibility index (Phi) is 5.13. The van der Waals surface area contributed by atoms with Crippen LogP contribution in [0.5, 0.6) is 0 Å². The molecular weight excluding hydrogens is 390 g/mol. The Bertz CT molecular complexity index is 1250. The lowest BCUT2D eigenvalue weighted by atomic mass is 10.1. The number of hydrogen-bond donors (Lipinski definition) is 1. The van der Waals surface area contributed by atoms with E-state index in [9.17, 15) is 9.59 Å². The van der Waals surface area contributed by atoms with E-state index in [2.05, 4.69) is 20.2 Å². The van der Waals surface area contributed by atoms with Gasteiger partial charge in [0.15, 0.2) is 5.16 Å². The summed E-state index contributed by atoms with van der Waals surface area (Å²) < 4.78 is 6.68. The van der Waals surface area contributed by atoms with Gasteiger partial charge < -0.3 is 9.72 Å². The number of ether oxygens (including phenoxy) is 1. The maximum atomic E-state index is 12.4. The molecule has 0 saturated carbocycles. The summed E-state index contributed by atoms with van der Waals surface area (Å²) in [4.78, 5) is 31.4. The van der Waals surface area contributed by atoms with E-state index in [4.69, 9.17) is 4.74 Å². The average Bonchev–Trinajstić information content (AvgIpc) is 3.12. The molecule has 0 amide bonds. The van der Waals surface area contributed by atoms with Gasteiger partial charge in [-0.05, 0) is 37.3 Å². The van der Waals surface area contributed by atoms with Gasteiger partial charge in [-0.2, -0.15) is 0 Å². The van der Waals surface area contributed by atoms with Crippen molar-refractivity contribution in [2.24, 2.45) is 0 Å². The summed E-state index contributed by atoms with van der Waals surface area (Å²) >= 11 is 1.41. The quantitative estimate of drug-likeness (QED) is 0.401. The number of aromatic nitrogens is 5. The first-order chi connectivity index (χ1) is 14.1. The van der Waals surface area contributed by atoms with Crippen LogP contribution in [0.25, 0.3) is 16.6 Å². The highest BCUT2D eigenvalue weighted by molar-refractivity contribution is 7.98. The smallest absolute Gasteiger partial charge is 0.337 e. The molecule has 146 valence electrons. The second kappa shape index (κ2) is 7.88. The molecule has 0 spiro atoms. The van der Waals surface area contributed by atoms with Gasteiger partial charge in [-0.15, -0.1) is 10.2 Å². The molecule has 0 saturated heterocycles. The number of nitrogens with zero attached hydrogens (tertiary/aromatic N) is 4. The third-order valence-corrected chi connectivity index (χ3v) is 5.26. The summed E-state index contributed by atoms with van der Waals surface area (Å²) in [6.07, 6.45) is 0. The molecular formula is C20H17N5O3S. The van der Waals surface area contributed by atoms with Gasteiger partial charge in [0, 0.05) is 5.69 Å². The van der Waals surface area contributed by atoms with E-state index in [0.717, 1.165) is 11.5 Å². The standard InChI is InChI=1S/C20H17N5O3S/c1-12-23-24-20(25(12)14-6-4-3-5-7-14)29-11-17-21-16-10-13(19(27)28-2)8-9-15(16)18(26)22-17/h3-10H,11H2,1-2H3,(H,21,22,26). The van der Waals surface area contributed by atoms with Crippen molar-refractivity contribution in [3.05, 3.63) is 76.1 Å². The van der Waals surface area contributed by atoms with Gasteiger partial charge in [-0.3, -0.25) is 9.36 Å². The van der Waals surface area contributed by atoms with Crippen molar-refractivity contribution >= 4 is 28.6 Å². The third-order valence-electron chi connectivity index (χ3n) is 4.32. The van der Waals surface area contributed by atoms with Gasteiger partial charge in [0.2, 0.25) is 0 Å². The summed E-state index contributed by atoms with van der Waals surface area (Å²) in [5, 5.41) is 9.50. The van der Waals surface area contributed by atoms with Crippen LogP contribution in [0.1, 0.15) is 22.0 Å². The van der Waals surface area contributed by atoms with Crippen molar-refractivity contribution in [3.63, 3.8) is 0 Å². The molecule has 0 atom stereocenters. The number of benzene rings is 2. The van der Waals surface area contributed by atoms with Crippen molar-refractivity contribution in [2.45, 2.75) is 17.8 Å². The molecule has 4 aromatic rings. The second-order valence-corrected chi connectivity index (χ2v) is 7.17. The van der Waals surface area contributed by atoms with Crippen LogP contribution in [-0.4, -0.2) is 37.8 Å². The molecule has 0 radical (unpaired) electrons. The topological polar surface area (TPSA) is 103 Å². The lowest BCUT2D eigenvalue weighted by Gasteiger charge is -2.08. The number of fused-ring (bicyclic) bond motifs is 1. The number of esters is 1. The number of H-pyrrole nitrogens is 1. The fourth-order valence-corrected chi connectivity index (χ4v) is 3.81. The number of hydrogen-bond acceptors (Lipinski definition) is 7. The number of thioether (sulfide) groups is 1. The lowest BCUT2D eigenvalue weighted by Crippen LogP contribution is -2.12. The first-order valence-corrected chi connectivity index (χ1v) is 9.77. The summed E-state index contributed by atoms with van der Waals surface area (Å²) in [5.41, 5.74) is 1.48. The van der Waals surface area contributed by atoms with Crippen molar-refractivity contribution in [3.8, 4) is 5.69 Å². The molecule has 8 nitrogen and oxygen atoms in total. The average molecular weight is 407 g/mol. The maximum absolute atomic E-state index is 12.4. The van der Waals surface area contributed by atoms with E-state index >= 15 is 0 Å². The van der Waals surface area contributed by atoms with Gasteiger partial charge in [0.05, 0.1) is 29.3 Å². The van der Waals surface area contributed by atoms with E-state index in [1.807, 2.05) is 41.8 Å². The molecule has 0 bridgehead atoms. The lowest BCUT2D eigenvalue weighted by molar-refractivity contribution is 0.0601. The number of rotatable bonds is 5. The number of para-hydroxylation sites is 1. The van der Waals surface area contributed by atoms with Crippen LogP contribution >= 0.6 is 11.8 Å². The minimum Gasteiger partial charge on any atom is -0.465 e. The largest absolute Gasteiger partial charge is 0.465 e. The highest BCUT2D eigenvalue weighted by atomic mass is 32.2. The number of nitrogens with one attached hydrogen (secondary N) is 1. The SMILES string of the molecule is COC(=O)c1ccc2c(=O)[nH]c(CSc3nnc(C)n3-c3ccccc3)nc2c1. The zero-order chi connectivity index (χ0) is 20.4. The molecule has 2 heterocycles. The van der Waals surface area contributed by atoms with Gasteiger partial charge in [-0.1, -0.05) is 30.0 Å². The van der Waals surface area contributed by atoms with E-state index in [0.29, 0.717) is 33.2 Å². The van der Waals surface area contributed by atoms with Crippen molar-refractivity contribution in [1.82, 2.24) is 24.7 Å². The first kappa shape index (κ1) is 18.9. The van der Waals surface area contributed by atoms with Gasteiger partial charge in [0.25, 0.3) is 5.56 Å².